The Morgan fingerprint density at radius 1 is 1.40 bits per heavy atom. The minimum atomic E-state index is -0.746. The molecule has 0 atom stereocenters. The van der Waals surface area contributed by atoms with E-state index in [9.17, 15) is 4.79 Å². The fourth-order valence-corrected chi connectivity index (χ4v) is 0.437. The number of halogens is 3. The van der Waals surface area contributed by atoms with E-state index in [0.29, 0.717) is 6.21 Å². The second-order valence-electron chi connectivity index (χ2n) is 1.18. The monoisotopic (exact) mass is 198 g/mol. The summed E-state index contributed by atoms with van der Waals surface area (Å²) in [5, 5.41) is -0.374. The Morgan fingerprint density at radius 3 is 2.20 bits per heavy atom. The predicted octanol–water partition coefficient (Wildman–Crippen LogP) is 1.74. The fourth-order valence-electron chi connectivity index (χ4n) is 0.202. The average Bonchev–Trinajstić information content (AvgIpc) is 1.87. The molecular weight excluding hydrogens is 198 g/mol. The van der Waals surface area contributed by atoms with E-state index in [4.69, 9.17) is 40.3 Å². The van der Waals surface area contributed by atoms with Gasteiger partial charge in [0, 0.05) is 0 Å². The number of hydrogen-bond acceptors (Lipinski definition) is 1. The second-order valence-corrected chi connectivity index (χ2v) is 2.51. The first-order valence-corrected chi connectivity index (χ1v) is 3.15. The van der Waals surface area contributed by atoms with Crippen LogP contribution in [0.15, 0.2) is 9.52 Å². The highest BCUT2D eigenvalue weighted by atomic mass is 35.5. The van der Waals surface area contributed by atoms with E-state index in [1.54, 1.807) is 0 Å². The molecule has 0 unspecified atom stereocenters. The van der Waals surface area contributed by atoms with Crippen LogP contribution in [0.25, 0.3) is 5.53 Å². The molecular formula is C4HCl3N2O. The summed E-state index contributed by atoms with van der Waals surface area (Å²) < 4.78 is -0.355. The minimum absolute atomic E-state index is 0.355. The third kappa shape index (κ3) is 2.99. The molecule has 10 heavy (non-hydrogen) atoms. The number of hydrogen-bond donors (Lipinski definition) is 0. The zero-order valence-corrected chi connectivity index (χ0v) is 6.78. The average molecular weight is 199 g/mol. The molecule has 0 aromatic heterocycles. The van der Waals surface area contributed by atoms with Crippen molar-refractivity contribution in [3.8, 4) is 0 Å². The maximum atomic E-state index is 10.5. The summed E-state index contributed by atoms with van der Waals surface area (Å²) in [7, 11) is 0. The summed E-state index contributed by atoms with van der Waals surface area (Å²) in [5.74, 6) is -0.746. The Bertz CT molecular complexity index is 225. The lowest BCUT2D eigenvalue weighted by atomic mass is 10.4. The third-order valence-electron chi connectivity index (χ3n) is 0.557. The van der Waals surface area contributed by atoms with Gasteiger partial charge in [0.2, 0.25) is 0 Å². The van der Waals surface area contributed by atoms with E-state index in [1.165, 1.54) is 0 Å². The minimum Gasteiger partial charge on any atom is -0.361 e. The molecule has 0 radical (unpaired) electrons. The van der Waals surface area contributed by atoms with E-state index in [0.717, 1.165) is 0 Å². The highest BCUT2D eigenvalue weighted by molar-refractivity contribution is 6.65. The molecule has 0 aliphatic carbocycles. The number of allylic oxidation sites excluding steroid dienone is 1. The van der Waals surface area contributed by atoms with Crippen molar-refractivity contribution >= 4 is 46.8 Å². The molecule has 0 aliphatic heterocycles. The summed E-state index contributed by atoms with van der Waals surface area (Å²) in [5.41, 5.74) is 7.85. The smallest absolute Gasteiger partial charge is 0.329 e. The Morgan fingerprint density at radius 2 is 1.90 bits per heavy atom. The Kier molecular flexibility index (Phi) is 4.32. The van der Waals surface area contributed by atoms with Crippen molar-refractivity contribution in [2.24, 2.45) is 0 Å². The van der Waals surface area contributed by atoms with Crippen LogP contribution in [0.1, 0.15) is 0 Å². The standard InChI is InChI=1S/C4HCl3N2O/c5-3(4(6)7)2(10)1-9-8/h1H. The lowest BCUT2D eigenvalue weighted by molar-refractivity contribution is -0.112. The van der Waals surface area contributed by atoms with Crippen LogP contribution in [0.2, 0.25) is 0 Å². The number of ketones is 1. The van der Waals surface area contributed by atoms with Gasteiger partial charge < -0.3 is 5.53 Å². The normalized spacial score (nSPS) is 7.90. The van der Waals surface area contributed by atoms with Crippen molar-refractivity contribution in [1.29, 1.82) is 0 Å². The van der Waals surface area contributed by atoms with Crippen molar-refractivity contribution in [2.75, 3.05) is 0 Å². The van der Waals surface area contributed by atoms with Gasteiger partial charge in [-0.1, -0.05) is 34.8 Å². The number of nitrogens with zero attached hydrogens (tertiary/aromatic N) is 2. The van der Waals surface area contributed by atoms with E-state index < -0.39 is 5.78 Å². The first-order chi connectivity index (χ1) is 4.59. The topological polar surface area (TPSA) is 53.5 Å². The largest absolute Gasteiger partial charge is 0.361 e. The van der Waals surface area contributed by atoms with Gasteiger partial charge in [0.1, 0.15) is 9.52 Å². The zero-order chi connectivity index (χ0) is 8.15. The van der Waals surface area contributed by atoms with E-state index in [-0.39, 0.29) is 9.52 Å². The van der Waals surface area contributed by atoms with Crippen LogP contribution in [0, 0.1) is 0 Å². The zero-order valence-electron chi connectivity index (χ0n) is 4.51. The number of carbonyl (C=O) groups excluding carboxylic acids is 1. The molecule has 0 fully saturated rings. The van der Waals surface area contributed by atoms with Crippen LogP contribution in [0.4, 0.5) is 0 Å². The first-order valence-electron chi connectivity index (χ1n) is 2.02. The van der Waals surface area contributed by atoms with Crippen molar-refractivity contribution < 1.29 is 9.58 Å². The van der Waals surface area contributed by atoms with Gasteiger partial charge in [0.25, 0.3) is 5.78 Å². The maximum Gasteiger partial charge on any atom is 0.329 e. The molecule has 0 saturated carbocycles. The highest BCUT2D eigenvalue weighted by Crippen LogP contribution is 2.17. The van der Waals surface area contributed by atoms with Crippen LogP contribution in [0.3, 0.4) is 0 Å². The van der Waals surface area contributed by atoms with Gasteiger partial charge in [-0.25, -0.2) is 0 Å². The van der Waals surface area contributed by atoms with Gasteiger partial charge in [0.05, 0.1) is 0 Å². The van der Waals surface area contributed by atoms with Crippen molar-refractivity contribution in [1.82, 2.24) is 0 Å². The number of rotatable bonds is 2. The van der Waals surface area contributed by atoms with Crippen molar-refractivity contribution in [3.63, 3.8) is 0 Å². The molecule has 0 aliphatic rings. The summed E-state index contributed by atoms with van der Waals surface area (Å²) >= 11 is 15.4. The van der Waals surface area contributed by atoms with Gasteiger partial charge in [-0.15, -0.1) is 0 Å². The van der Waals surface area contributed by atoms with E-state index in [1.807, 2.05) is 0 Å². The highest BCUT2D eigenvalue weighted by Gasteiger charge is 2.11. The summed E-state index contributed by atoms with van der Waals surface area (Å²) in [6, 6.07) is 0. The Labute approximate surface area is 71.8 Å². The Balaban J connectivity index is 4.53. The summed E-state index contributed by atoms with van der Waals surface area (Å²) in [6.45, 7) is 0. The van der Waals surface area contributed by atoms with Crippen molar-refractivity contribution in [3.05, 3.63) is 15.1 Å². The van der Waals surface area contributed by atoms with Gasteiger partial charge in [-0.2, -0.15) is 4.79 Å². The van der Waals surface area contributed by atoms with Gasteiger partial charge in [-0.05, 0) is 0 Å². The summed E-state index contributed by atoms with van der Waals surface area (Å²) in [4.78, 5) is 12.9. The molecule has 0 N–H and O–H groups in total. The van der Waals surface area contributed by atoms with E-state index >= 15 is 0 Å². The molecule has 54 valence electrons. The second kappa shape index (κ2) is 4.47. The summed E-state index contributed by atoms with van der Waals surface area (Å²) in [6.07, 6.45) is 0.590. The quantitative estimate of drug-likeness (QED) is 0.289. The molecule has 0 bridgehead atoms. The molecule has 0 aromatic rings. The third-order valence-corrected chi connectivity index (χ3v) is 1.50. The van der Waals surface area contributed by atoms with Crippen LogP contribution in [-0.2, 0) is 4.79 Å². The SMILES string of the molecule is [N-]=[N+]=CC(=O)C(Cl)=C(Cl)Cl. The van der Waals surface area contributed by atoms with Crippen LogP contribution >= 0.6 is 34.8 Å². The van der Waals surface area contributed by atoms with Crippen LogP contribution in [0.5, 0.6) is 0 Å². The molecule has 0 amide bonds. The maximum absolute atomic E-state index is 10.5. The van der Waals surface area contributed by atoms with Crippen molar-refractivity contribution in [2.45, 2.75) is 0 Å². The molecule has 0 heterocycles. The fraction of sp³-hybridized carbons (Fsp3) is 0. The molecule has 0 saturated heterocycles. The lowest BCUT2D eigenvalue weighted by Gasteiger charge is -1.84. The lowest BCUT2D eigenvalue weighted by Crippen LogP contribution is -1.99. The van der Waals surface area contributed by atoms with Gasteiger partial charge in [0.15, 0.2) is 0 Å². The molecule has 0 rings (SSSR count). The molecule has 6 heteroatoms. The Hall–Kier alpha value is -0.340. The van der Waals surface area contributed by atoms with E-state index in [2.05, 4.69) is 4.79 Å². The van der Waals surface area contributed by atoms with Gasteiger partial charge >= 0.3 is 6.21 Å². The molecule has 0 spiro atoms. The molecule has 0 aromatic carbocycles. The number of Topliss-reactive ketones (excluding diaryl/α,β-unsaturated/α-hetero) is 1. The van der Waals surface area contributed by atoms with Gasteiger partial charge in [-0.3, -0.25) is 4.79 Å². The van der Waals surface area contributed by atoms with Crippen LogP contribution in [-0.4, -0.2) is 16.8 Å². The van der Waals surface area contributed by atoms with Crippen LogP contribution < -0.4 is 0 Å². The number of carbonyl (C=O) groups is 1. The predicted molar refractivity (Wildman–Crippen MR) is 39.3 cm³/mol. The first kappa shape index (κ1) is 9.66. The molecule has 3 nitrogen and oxygen atoms in total.